The Bertz CT molecular complexity index is 302. The van der Waals surface area contributed by atoms with E-state index in [2.05, 4.69) is 0 Å². The summed E-state index contributed by atoms with van der Waals surface area (Å²) in [5.74, 6) is 0.200. The Morgan fingerprint density at radius 1 is 1.54 bits per heavy atom. The molecule has 0 aliphatic carbocycles. The summed E-state index contributed by atoms with van der Waals surface area (Å²) in [7, 11) is 1.50. The molecule has 4 heteroatoms. The van der Waals surface area contributed by atoms with Gasteiger partial charge in [0.25, 0.3) is 0 Å². The van der Waals surface area contributed by atoms with Crippen LogP contribution in [-0.4, -0.2) is 18.5 Å². The summed E-state index contributed by atoms with van der Waals surface area (Å²) in [4.78, 5) is 0.446. The molecule has 0 aliphatic heterocycles. The number of rotatable bonds is 3. The van der Waals surface area contributed by atoms with Gasteiger partial charge in [0.1, 0.15) is 11.6 Å². The molecule has 0 atom stereocenters. The summed E-state index contributed by atoms with van der Waals surface area (Å²) in [6.07, 6.45) is 1.76. The van der Waals surface area contributed by atoms with E-state index in [1.54, 1.807) is 6.26 Å². The third kappa shape index (κ3) is 1.95. The molecule has 2 nitrogen and oxygen atoms in total. The van der Waals surface area contributed by atoms with Gasteiger partial charge in [-0.25, -0.2) is 4.39 Å². The molecule has 1 rings (SSSR count). The molecule has 13 heavy (non-hydrogen) atoms. The van der Waals surface area contributed by atoms with Gasteiger partial charge in [-0.05, 0) is 18.4 Å². The smallest absolute Gasteiger partial charge is 0.137 e. The van der Waals surface area contributed by atoms with Gasteiger partial charge in [-0.1, -0.05) is 0 Å². The van der Waals surface area contributed by atoms with Crippen molar-refractivity contribution in [3.8, 4) is 5.75 Å². The van der Waals surface area contributed by atoms with Crippen molar-refractivity contribution in [1.82, 2.24) is 0 Å². The topological polar surface area (TPSA) is 29.5 Å². The van der Waals surface area contributed by atoms with E-state index < -0.39 is 0 Å². The molecule has 0 saturated heterocycles. The Balaban J connectivity index is 3.27. The quantitative estimate of drug-likeness (QED) is 0.761. The predicted molar refractivity (Wildman–Crippen MR) is 50.7 cm³/mol. The molecular weight excluding hydrogens is 191 g/mol. The fourth-order valence-corrected chi connectivity index (χ4v) is 1.82. The maximum Gasteiger partial charge on any atom is 0.137 e. The summed E-state index contributed by atoms with van der Waals surface area (Å²) >= 11 is 1.26. The van der Waals surface area contributed by atoms with Crippen molar-refractivity contribution in [3.63, 3.8) is 0 Å². The summed E-state index contributed by atoms with van der Waals surface area (Å²) in [5.41, 5.74) is 0.509. The molecule has 0 fully saturated rings. The van der Waals surface area contributed by atoms with Crippen molar-refractivity contribution >= 4 is 11.8 Å². The Morgan fingerprint density at radius 2 is 2.23 bits per heavy atom. The van der Waals surface area contributed by atoms with Crippen molar-refractivity contribution in [2.75, 3.05) is 13.4 Å². The number of benzene rings is 1. The van der Waals surface area contributed by atoms with Gasteiger partial charge in [-0.2, -0.15) is 0 Å². The maximum absolute atomic E-state index is 13.2. The lowest BCUT2D eigenvalue weighted by molar-refractivity contribution is 0.269. The highest BCUT2D eigenvalue weighted by Gasteiger charge is 2.11. The monoisotopic (exact) mass is 202 g/mol. The average molecular weight is 202 g/mol. The highest BCUT2D eigenvalue weighted by Crippen LogP contribution is 2.31. The second kappa shape index (κ2) is 4.48. The maximum atomic E-state index is 13.2. The zero-order valence-electron chi connectivity index (χ0n) is 7.50. The molecular formula is C9H11FO2S. The minimum absolute atomic E-state index is 0.211. The largest absolute Gasteiger partial charge is 0.496 e. The number of aliphatic hydroxyl groups is 1. The second-order valence-corrected chi connectivity index (χ2v) is 3.24. The molecule has 0 radical (unpaired) electrons. The highest BCUT2D eigenvalue weighted by atomic mass is 32.2. The van der Waals surface area contributed by atoms with Gasteiger partial charge in [0.05, 0.1) is 18.6 Å². The fraction of sp³-hybridized carbons (Fsp3) is 0.333. The van der Waals surface area contributed by atoms with Crippen LogP contribution in [0.2, 0.25) is 0 Å². The lowest BCUT2D eigenvalue weighted by Gasteiger charge is -2.10. The van der Waals surface area contributed by atoms with Gasteiger partial charge in [0.15, 0.2) is 0 Å². The standard InChI is InChI=1S/C9H11FO2S/c1-12-8-4-3-7(10)9(13-2)6(8)5-11/h3-4,11H,5H2,1-2H3. The summed E-state index contributed by atoms with van der Waals surface area (Å²) in [6, 6.07) is 2.85. The van der Waals surface area contributed by atoms with E-state index in [1.807, 2.05) is 0 Å². The normalized spacial score (nSPS) is 10.2. The number of methoxy groups -OCH3 is 1. The van der Waals surface area contributed by atoms with Crippen LogP contribution in [0.25, 0.3) is 0 Å². The molecule has 0 saturated carbocycles. The molecule has 0 unspecified atom stereocenters. The van der Waals surface area contributed by atoms with Crippen molar-refractivity contribution in [3.05, 3.63) is 23.5 Å². The lowest BCUT2D eigenvalue weighted by atomic mass is 10.2. The van der Waals surface area contributed by atoms with Gasteiger partial charge < -0.3 is 9.84 Å². The van der Waals surface area contributed by atoms with Crippen LogP contribution in [0.5, 0.6) is 5.75 Å². The molecule has 72 valence electrons. The van der Waals surface area contributed by atoms with Crippen LogP contribution in [0, 0.1) is 5.82 Å². The summed E-state index contributed by atoms with van der Waals surface area (Å²) < 4.78 is 18.2. The van der Waals surface area contributed by atoms with E-state index in [1.165, 1.54) is 31.0 Å². The van der Waals surface area contributed by atoms with Crippen LogP contribution in [0.4, 0.5) is 4.39 Å². The van der Waals surface area contributed by atoms with Crippen LogP contribution >= 0.6 is 11.8 Å². The Kier molecular flexibility index (Phi) is 3.57. The van der Waals surface area contributed by atoms with E-state index in [0.717, 1.165) is 0 Å². The second-order valence-electron chi connectivity index (χ2n) is 2.42. The van der Waals surface area contributed by atoms with Crippen LogP contribution in [0.3, 0.4) is 0 Å². The SMILES string of the molecule is COc1ccc(F)c(SC)c1CO. The fourth-order valence-electron chi connectivity index (χ4n) is 1.14. The van der Waals surface area contributed by atoms with Crippen molar-refractivity contribution in [2.45, 2.75) is 11.5 Å². The van der Waals surface area contributed by atoms with E-state index in [4.69, 9.17) is 9.84 Å². The average Bonchev–Trinajstić information content (AvgIpc) is 2.17. The zero-order valence-corrected chi connectivity index (χ0v) is 8.32. The van der Waals surface area contributed by atoms with Crippen molar-refractivity contribution in [2.24, 2.45) is 0 Å². The number of ether oxygens (including phenoxy) is 1. The van der Waals surface area contributed by atoms with Gasteiger partial charge in [-0.3, -0.25) is 0 Å². The molecule has 0 aromatic heterocycles. The minimum Gasteiger partial charge on any atom is -0.496 e. The van der Waals surface area contributed by atoms with Gasteiger partial charge >= 0.3 is 0 Å². The van der Waals surface area contributed by atoms with E-state index in [-0.39, 0.29) is 12.4 Å². The van der Waals surface area contributed by atoms with Crippen LogP contribution < -0.4 is 4.74 Å². The first-order valence-corrected chi connectivity index (χ1v) is 4.97. The number of hydrogen-bond acceptors (Lipinski definition) is 3. The Labute approximate surface area is 80.7 Å². The molecule has 0 heterocycles. The highest BCUT2D eigenvalue weighted by molar-refractivity contribution is 7.98. The van der Waals surface area contributed by atoms with Crippen LogP contribution in [0.1, 0.15) is 5.56 Å². The number of thioether (sulfide) groups is 1. The van der Waals surface area contributed by atoms with Gasteiger partial charge in [0.2, 0.25) is 0 Å². The first-order chi connectivity index (χ1) is 6.24. The van der Waals surface area contributed by atoms with Crippen LogP contribution in [0.15, 0.2) is 17.0 Å². The Hall–Kier alpha value is -0.740. The van der Waals surface area contributed by atoms with Crippen molar-refractivity contribution < 1.29 is 14.2 Å². The minimum atomic E-state index is -0.322. The molecule has 0 spiro atoms. The molecule has 1 aromatic carbocycles. The van der Waals surface area contributed by atoms with Crippen LogP contribution in [-0.2, 0) is 6.61 Å². The van der Waals surface area contributed by atoms with Gasteiger partial charge in [-0.15, -0.1) is 11.8 Å². The first-order valence-electron chi connectivity index (χ1n) is 3.74. The van der Waals surface area contributed by atoms with Gasteiger partial charge in [0, 0.05) is 5.56 Å². The van der Waals surface area contributed by atoms with E-state index in [9.17, 15) is 4.39 Å². The zero-order chi connectivity index (χ0) is 9.84. The van der Waals surface area contributed by atoms with E-state index in [0.29, 0.717) is 16.2 Å². The number of hydrogen-bond donors (Lipinski definition) is 1. The molecule has 1 aromatic rings. The van der Waals surface area contributed by atoms with E-state index >= 15 is 0 Å². The first kappa shape index (κ1) is 10.3. The third-order valence-electron chi connectivity index (χ3n) is 1.75. The summed E-state index contributed by atoms with van der Waals surface area (Å²) in [6.45, 7) is -0.211. The molecule has 0 bridgehead atoms. The molecule has 0 aliphatic rings. The number of aliphatic hydroxyl groups excluding tert-OH is 1. The third-order valence-corrected chi connectivity index (χ3v) is 2.60. The molecule has 1 N–H and O–H groups in total. The summed E-state index contributed by atoms with van der Waals surface area (Å²) in [5, 5.41) is 9.03. The lowest BCUT2D eigenvalue weighted by Crippen LogP contribution is -1.96. The Morgan fingerprint density at radius 3 is 2.69 bits per heavy atom. The number of halogens is 1. The predicted octanol–water partition coefficient (Wildman–Crippen LogP) is 2.05. The molecule has 0 amide bonds. The van der Waals surface area contributed by atoms with Crippen molar-refractivity contribution in [1.29, 1.82) is 0 Å².